The van der Waals surface area contributed by atoms with Crippen LogP contribution in [0.5, 0.6) is 0 Å². The van der Waals surface area contributed by atoms with Crippen molar-refractivity contribution in [2.45, 2.75) is 46.0 Å². The molecule has 0 unspecified atom stereocenters. The van der Waals surface area contributed by atoms with Gasteiger partial charge in [-0.25, -0.2) is 4.39 Å². The maximum atomic E-state index is 14.8. The maximum absolute atomic E-state index is 14.8. The minimum atomic E-state index is -0.285. The molecule has 0 N–H and O–H groups in total. The first kappa shape index (κ1) is 15.3. The average molecular weight is 320 g/mol. The van der Waals surface area contributed by atoms with Crippen LogP contribution >= 0.6 is 0 Å². The highest BCUT2D eigenvalue weighted by molar-refractivity contribution is 6.07. The first-order valence-electron chi connectivity index (χ1n) is 8.46. The number of carbonyl (C=O) groups excluding carboxylic acids is 1. The molecule has 24 heavy (non-hydrogen) atoms. The third-order valence-electron chi connectivity index (χ3n) is 5.13. The van der Waals surface area contributed by atoms with Crippen LogP contribution in [0.2, 0.25) is 0 Å². The van der Waals surface area contributed by atoms with E-state index in [-0.39, 0.29) is 17.0 Å². The van der Waals surface area contributed by atoms with Gasteiger partial charge in [-0.3, -0.25) is 4.79 Å². The molecule has 2 aliphatic rings. The molecule has 0 saturated carbocycles. The number of allylic oxidation sites excluding steroid dienone is 1. The molecule has 0 spiro atoms. The Balaban J connectivity index is 2.05. The smallest absolute Gasteiger partial charge is 0.167 e. The Morgan fingerprint density at radius 1 is 1.08 bits per heavy atom. The molecular formula is C22H21FO. The van der Waals surface area contributed by atoms with Gasteiger partial charge in [0.2, 0.25) is 0 Å². The van der Waals surface area contributed by atoms with Crippen LogP contribution in [0.25, 0.3) is 17.2 Å². The number of hydrogen-bond donors (Lipinski definition) is 0. The van der Waals surface area contributed by atoms with Crippen molar-refractivity contribution in [3.8, 4) is 11.1 Å². The number of carbonyl (C=O) groups is 1. The van der Waals surface area contributed by atoms with E-state index in [0.717, 1.165) is 28.7 Å². The zero-order valence-electron chi connectivity index (χ0n) is 14.6. The fourth-order valence-corrected chi connectivity index (χ4v) is 4.09. The number of halogens is 1. The van der Waals surface area contributed by atoms with Gasteiger partial charge in [0, 0.05) is 17.5 Å². The second kappa shape index (κ2) is 4.89. The summed E-state index contributed by atoms with van der Waals surface area (Å²) in [6.45, 7) is 8.41. The average Bonchev–Trinajstić information content (AvgIpc) is 2.84. The highest BCUT2D eigenvalue weighted by atomic mass is 19.1. The van der Waals surface area contributed by atoms with E-state index in [2.05, 4.69) is 39.0 Å². The van der Waals surface area contributed by atoms with Gasteiger partial charge in [0.15, 0.2) is 5.78 Å². The minimum absolute atomic E-state index is 0.0279. The van der Waals surface area contributed by atoms with Gasteiger partial charge in [-0.15, -0.1) is 0 Å². The van der Waals surface area contributed by atoms with Crippen molar-refractivity contribution in [2.24, 2.45) is 0 Å². The van der Waals surface area contributed by atoms with Crippen LogP contribution in [-0.4, -0.2) is 5.78 Å². The predicted octanol–water partition coefficient (Wildman–Crippen LogP) is 5.68. The van der Waals surface area contributed by atoms with Gasteiger partial charge in [0.1, 0.15) is 5.82 Å². The molecule has 0 radical (unpaired) electrons. The number of fused-ring (bicyclic) bond motifs is 5. The summed E-state index contributed by atoms with van der Waals surface area (Å²) in [5.74, 6) is -0.237. The summed E-state index contributed by atoms with van der Waals surface area (Å²) in [7, 11) is 0. The SMILES string of the molecule is CC1=Cc2c(F)cc3c(c2C(=O)C1)Cc1cccc(C(C)(C)C)c1-3. The lowest BCUT2D eigenvalue weighted by Crippen LogP contribution is -2.14. The Kier molecular flexibility index (Phi) is 3.12. The normalized spacial score (nSPS) is 15.7. The Hall–Kier alpha value is -2.22. The highest BCUT2D eigenvalue weighted by Gasteiger charge is 2.33. The topological polar surface area (TPSA) is 17.1 Å². The van der Waals surface area contributed by atoms with Gasteiger partial charge < -0.3 is 0 Å². The summed E-state index contributed by atoms with van der Waals surface area (Å²) in [5.41, 5.74) is 7.44. The lowest BCUT2D eigenvalue weighted by Gasteiger charge is -2.23. The van der Waals surface area contributed by atoms with E-state index >= 15 is 0 Å². The maximum Gasteiger partial charge on any atom is 0.167 e. The van der Waals surface area contributed by atoms with Crippen LogP contribution in [-0.2, 0) is 11.8 Å². The van der Waals surface area contributed by atoms with Gasteiger partial charge in [-0.2, -0.15) is 0 Å². The Morgan fingerprint density at radius 3 is 2.54 bits per heavy atom. The third-order valence-corrected chi connectivity index (χ3v) is 5.13. The van der Waals surface area contributed by atoms with E-state index in [0.29, 0.717) is 17.5 Å². The van der Waals surface area contributed by atoms with Gasteiger partial charge >= 0.3 is 0 Å². The molecule has 0 fully saturated rings. The quantitative estimate of drug-likeness (QED) is 0.520. The van der Waals surface area contributed by atoms with Crippen molar-refractivity contribution < 1.29 is 9.18 Å². The van der Waals surface area contributed by atoms with Crippen molar-refractivity contribution in [3.63, 3.8) is 0 Å². The molecule has 0 saturated heterocycles. The van der Waals surface area contributed by atoms with E-state index in [9.17, 15) is 9.18 Å². The highest BCUT2D eigenvalue weighted by Crippen LogP contribution is 2.46. The first-order chi connectivity index (χ1) is 11.3. The third kappa shape index (κ3) is 2.09. The van der Waals surface area contributed by atoms with E-state index in [4.69, 9.17) is 0 Å². The van der Waals surface area contributed by atoms with Crippen molar-refractivity contribution in [1.29, 1.82) is 0 Å². The van der Waals surface area contributed by atoms with Gasteiger partial charge in [0.25, 0.3) is 0 Å². The monoisotopic (exact) mass is 320 g/mol. The lowest BCUT2D eigenvalue weighted by atomic mass is 9.80. The zero-order valence-corrected chi connectivity index (χ0v) is 14.6. The molecule has 0 amide bonds. The molecule has 2 aliphatic carbocycles. The molecule has 0 bridgehead atoms. The second-order valence-corrected chi connectivity index (χ2v) is 8.03. The predicted molar refractivity (Wildman–Crippen MR) is 95.9 cm³/mol. The number of hydrogen-bond acceptors (Lipinski definition) is 1. The molecule has 0 aromatic heterocycles. The second-order valence-electron chi connectivity index (χ2n) is 8.03. The zero-order chi connectivity index (χ0) is 17.2. The fraction of sp³-hybridized carbons (Fsp3) is 0.318. The van der Waals surface area contributed by atoms with E-state index in [1.807, 2.05) is 13.0 Å². The molecule has 2 heteroatoms. The Morgan fingerprint density at radius 2 is 1.83 bits per heavy atom. The van der Waals surface area contributed by atoms with E-state index < -0.39 is 0 Å². The van der Waals surface area contributed by atoms with E-state index in [1.165, 1.54) is 11.1 Å². The standard InChI is InChI=1S/C22H21FO/c1-12-8-16-18(23)11-15-14(21(16)19(24)9-12)10-13-6-5-7-17(20(13)15)22(2,3)4/h5-8,11H,9-10H2,1-4H3. The van der Waals surface area contributed by atoms with Crippen LogP contribution in [0.4, 0.5) is 4.39 Å². The van der Waals surface area contributed by atoms with Gasteiger partial charge in [-0.1, -0.05) is 50.6 Å². The van der Waals surface area contributed by atoms with Crippen molar-refractivity contribution in [2.75, 3.05) is 0 Å². The first-order valence-corrected chi connectivity index (χ1v) is 8.46. The van der Waals surface area contributed by atoms with E-state index in [1.54, 1.807) is 6.07 Å². The number of ketones is 1. The molecule has 4 rings (SSSR count). The molecule has 2 aromatic rings. The van der Waals surface area contributed by atoms with Gasteiger partial charge in [0.05, 0.1) is 0 Å². The molecule has 122 valence electrons. The summed E-state index contributed by atoms with van der Waals surface area (Å²) in [6.07, 6.45) is 2.95. The van der Waals surface area contributed by atoms with Crippen LogP contribution in [0.15, 0.2) is 29.8 Å². The summed E-state index contributed by atoms with van der Waals surface area (Å²) in [6, 6.07) is 7.93. The molecule has 2 aromatic carbocycles. The van der Waals surface area contributed by atoms with Crippen LogP contribution < -0.4 is 0 Å². The molecule has 0 aliphatic heterocycles. The Bertz CT molecular complexity index is 926. The number of benzene rings is 2. The molecule has 0 heterocycles. The fourth-order valence-electron chi connectivity index (χ4n) is 4.09. The number of Topliss-reactive ketones (excluding diaryl/α,β-unsaturated/α-hetero) is 1. The lowest BCUT2D eigenvalue weighted by molar-refractivity contribution is 0.0990. The largest absolute Gasteiger partial charge is 0.294 e. The molecule has 0 atom stereocenters. The summed E-state index contributed by atoms with van der Waals surface area (Å²) < 4.78 is 14.8. The number of rotatable bonds is 0. The minimum Gasteiger partial charge on any atom is -0.294 e. The summed E-state index contributed by atoms with van der Waals surface area (Å²) >= 11 is 0. The van der Waals surface area contributed by atoms with Crippen LogP contribution in [0.3, 0.4) is 0 Å². The summed E-state index contributed by atoms with van der Waals surface area (Å²) in [4.78, 5) is 12.6. The van der Waals surface area contributed by atoms with Crippen molar-refractivity contribution in [1.82, 2.24) is 0 Å². The molecular weight excluding hydrogens is 299 g/mol. The van der Waals surface area contributed by atoms with Crippen molar-refractivity contribution in [3.05, 3.63) is 63.5 Å². The summed E-state index contributed by atoms with van der Waals surface area (Å²) in [5, 5.41) is 0. The van der Waals surface area contributed by atoms with Crippen molar-refractivity contribution >= 4 is 11.9 Å². The molecule has 1 nitrogen and oxygen atoms in total. The van der Waals surface area contributed by atoms with Crippen LogP contribution in [0.1, 0.15) is 66.7 Å². The van der Waals surface area contributed by atoms with Gasteiger partial charge in [-0.05, 0) is 52.6 Å². The Labute approximate surface area is 142 Å². The van der Waals surface area contributed by atoms with Crippen LogP contribution in [0, 0.1) is 5.82 Å².